The fraction of sp³-hybridized carbons (Fsp3) is 0.222. The van der Waals surface area contributed by atoms with Gasteiger partial charge in [0.25, 0.3) is 5.91 Å². The second kappa shape index (κ2) is 6.98. The first-order chi connectivity index (χ1) is 12.0. The van der Waals surface area contributed by atoms with Crippen molar-refractivity contribution >= 4 is 17.5 Å². The molecule has 1 aliphatic rings. The second-order valence-corrected chi connectivity index (χ2v) is 5.73. The number of likely N-dealkylation sites (N-methyl/N-ethyl adjacent to an activating group) is 1. The number of nitrogens with one attached hydrogen (secondary N) is 1. The Morgan fingerprint density at radius 1 is 1.16 bits per heavy atom. The third kappa shape index (κ3) is 3.66. The van der Waals surface area contributed by atoms with Crippen LogP contribution in [0.4, 0.5) is 14.5 Å². The van der Waals surface area contributed by atoms with Gasteiger partial charge in [0.2, 0.25) is 5.91 Å². The van der Waals surface area contributed by atoms with Crippen molar-refractivity contribution in [1.82, 2.24) is 4.90 Å². The molecule has 130 valence electrons. The molecule has 1 heterocycles. The minimum Gasteiger partial charge on any atom is -0.356 e. The molecule has 0 bridgehead atoms. The number of benzene rings is 2. The summed E-state index contributed by atoms with van der Waals surface area (Å²) in [6, 6.07) is 10.2. The highest BCUT2D eigenvalue weighted by Gasteiger charge is 2.40. The maximum absolute atomic E-state index is 13.6. The molecule has 2 amide bonds. The molecule has 1 aliphatic heterocycles. The summed E-state index contributed by atoms with van der Waals surface area (Å²) < 4.78 is 32.0. The van der Waals surface area contributed by atoms with Crippen molar-refractivity contribution < 1.29 is 23.1 Å². The number of nitrogens with zero attached hydrogens (tertiary/aromatic N) is 1. The predicted molar refractivity (Wildman–Crippen MR) is 86.7 cm³/mol. The Balaban J connectivity index is 1.87. The van der Waals surface area contributed by atoms with E-state index in [2.05, 4.69) is 5.32 Å². The fourth-order valence-electron chi connectivity index (χ4n) is 2.77. The van der Waals surface area contributed by atoms with Crippen molar-refractivity contribution in [2.75, 3.05) is 19.0 Å². The molecule has 2 atom stereocenters. The van der Waals surface area contributed by atoms with E-state index in [0.29, 0.717) is 11.3 Å². The summed E-state index contributed by atoms with van der Waals surface area (Å²) in [4.78, 5) is 25.9. The van der Waals surface area contributed by atoms with Crippen molar-refractivity contribution in [3.05, 3.63) is 65.7 Å². The molecule has 3 rings (SSSR count). The molecule has 0 unspecified atom stereocenters. The molecule has 1 saturated heterocycles. The molecular formula is C18H16F2N2O3. The smallest absolute Gasteiger partial charge is 0.256 e. The highest BCUT2D eigenvalue weighted by Crippen LogP contribution is 2.30. The van der Waals surface area contributed by atoms with Gasteiger partial charge in [-0.25, -0.2) is 8.78 Å². The third-order valence-corrected chi connectivity index (χ3v) is 4.04. The van der Waals surface area contributed by atoms with Gasteiger partial charge in [0, 0.05) is 12.7 Å². The Morgan fingerprint density at radius 2 is 1.88 bits per heavy atom. The Morgan fingerprint density at radius 3 is 2.56 bits per heavy atom. The van der Waals surface area contributed by atoms with Crippen LogP contribution in [0.1, 0.15) is 11.6 Å². The monoisotopic (exact) mass is 346 g/mol. The predicted octanol–water partition coefficient (Wildman–Crippen LogP) is 2.50. The molecule has 0 radical (unpaired) electrons. The van der Waals surface area contributed by atoms with Gasteiger partial charge in [-0.2, -0.15) is 0 Å². The van der Waals surface area contributed by atoms with Gasteiger partial charge >= 0.3 is 0 Å². The zero-order valence-corrected chi connectivity index (χ0v) is 13.4. The summed E-state index contributed by atoms with van der Waals surface area (Å²) in [6.45, 7) is -0.246. The topological polar surface area (TPSA) is 58.6 Å². The van der Waals surface area contributed by atoms with Crippen molar-refractivity contribution in [3.8, 4) is 0 Å². The Hall–Kier alpha value is -2.80. The lowest BCUT2D eigenvalue weighted by Crippen LogP contribution is -2.51. The summed E-state index contributed by atoms with van der Waals surface area (Å²) in [5, 5.41) is 2.63. The van der Waals surface area contributed by atoms with Crippen LogP contribution in [-0.4, -0.2) is 36.5 Å². The lowest BCUT2D eigenvalue weighted by Gasteiger charge is -2.38. The van der Waals surface area contributed by atoms with Gasteiger partial charge in [0.1, 0.15) is 18.2 Å². The maximum Gasteiger partial charge on any atom is 0.256 e. The van der Waals surface area contributed by atoms with Gasteiger partial charge in [-0.1, -0.05) is 12.1 Å². The van der Waals surface area contributed by atoms with Gasteiger partial charge in [-0.05, 0) is 42.0 Å². The van der Waals surface area contributed by atoms with Crippen LogP contribution in [0.2, 0.25) is 0 Å². The lowest BCUT2D eigenvalue weighted by molar-refractivity contribution is -0.160. The number of carbonyl (C=O) groups excluding carboxylic acids is 2. The number of morpholine rings is 1. The molecule has 0 aromatic heterocycles. The van der Waals surface area contributed by atoms with Crippen LogP contribution < -0.4 is 5.32 Å². The number of rotatable bonds is 3. The molecular weight excluding hydrogens is 330 g/mol. The molecule has 5 nitrogen and oxygen atoms in total. The number of anilines is 1. The molecule has 7 heteroatoms. The summed E-state index contributed by atoms with van der Waals surface area (Å²) in [5.74, 6) is -1.70. The van der Waals surface area contributed by atoms with Gasteiger partial charge in [0.15, 0.2) is 6.10 Å². The molecule has 1 N–H and O–H groups in total. The Bertz CT molecular complexity index is 795. The van der Waals surface area contributed by atoms with Crippen LogP contribution in [0.15, 0.2) is 48.5 Å². The summed E-state index contributed by atoms with van der Waals surface area (Å²) >= 11 is 0. The normalized spacial score (nSPS) is 20.4. The first kappa shape index (κ1) is 17.0. The number of hydrogen-bond acceptors (Lipinski definition) is 3. The van der Waals surface area contributed by atoms with Gasteiger partial charge in [0.05, 0.1) is 6.04 Å². The van der Waals surface area contributed by atoms with Gasteiger partial charge in [-0.3, -0.25) is 9.59 Å². The highest BCUT2D eigenvalue weighted by atomic mass is 19.1. The van der Waals surface area contributed by atoms with Crippen LogP contribution in [-0.2, 0) is 14.3 Å². The van der Waals surface area contributed by atoms with E-state index in [1.54, 1.807) is 13.1 Å². The molecule has 2 aromatic carbocycles. The maximum atomic E-state index is 13.6. The zero-order valence-electron chi connectivity index (χ0n) is 13.4. The van der Waals surface area contributed by atoms with Gasteiger partial charge in [-0.15, -0.1) is 0 Å². The zero-order chi connectivity index (χ0) is 18.0. The molecule has 25 heavy (non-hydrogen) atoms. The number of halogens is 2. The van der Waals surface area contributed by atoms with Crippen molar-refractivity contribution in [3.63, 3.8) is 0 Å². The number of carbonyl (C=O) groups is 2. The fourth-order valence-corrected chi connectivity index (χ4v) is 2.77. The van der Waals surface area contributed by atoms with Crippen LogP contribution in [0.25, 0.3) is 0 Å². The van der Waals surface area contributed by atoms with E-state index in [-0.39, 0.29) is 12.5 Å². The summed E-state index contributed by atoms with van der Waals surface area (Å²) in [7, 11) is 1.54. The van der Waals surface area contributed by atoms with E-state index >= 15 is 0 Å². The SMILES string of the molecule is CN1C(=O)CO[C@@H](C(=O)Nc2ccc(F)cc2)[C@@H]1c1cccc(F)c1. The largest absolute Gasteiger partial charge is 0.356 e. The average Bonchev–Trinajstić information content (AvgIpc) is 2.59. The van der Waals surface area contributed by atoms with Gasteiger partial charge < -0.3 is 15.0 Å². The van der Waals surface area contributed by atoms with Crippen molar-refractivity contribution in [1.29, 1.82) is 0 Å². The minimum atomic E-state index is -1.02. The number of hydrogen-bond donors (Lipinski definition) is 1. The molecule has 0 aliphatic carbocycles. The van der Waals surface area contributed by atoms with Crippen LogP contribution >= 0.6 is 0 Å². The average molecular weight is 346 g/mol. The van der Waals surface area contributed by atoms with E-state index in [9.17, 15) is 18.4 Å². The standard InChI is InChI=1S/C18H16F2N2O3/c1-22-15(23)10-25-17(16(22)11-3-2-4-13(20)9-11)18(24)21-14-7-5-12(19)6-8-14/h2-9,16-17H,10H2,1H3,(H,21,24)/t16-,17+/m0/s1. The molecule has 0 spiro atoms. The van der Waals surface area contributed by atoms with Crippen molar-refractivity contribution in [2.24, 2.45) is 0 Å². The molecule has 1 fully saturated rings. The second-order valence-electron chi connectivity index (χ2n) is 5.73. The van der Waals surface area contributed by atoms with E-state index in [1.807, 2.05) is 0 Å². The first-order valence-electron chi connectivity index (χ1n) is 7.65. The van der Waals surface area contributed by atoms with E-state index < -0.39 is 29.7 Å². The molecule has 2 aromatic rings. The first-order valence-corrected chi connectivity index (χ1v) is 7.65. The Labute approximate surface area is 143 Å². The van der Waals surface area contributed by atoms with E-state index in [1.165, 1.54) is 47.4 Å². The number of ether oxygens (including phenoxy) is 1. The van der Waals surface area contributed by atoms with Crippen LogP contribution in [0.3, 0.4) is 0 Å². The highest BCUT2D eigenvalue weighted by molar-refractivity contribution is 5.96. The third-order valence-electron chi connectivity index (χ3n) is 4.04. The Kier molecular flexibility index (Phi) is 4.76. The summed E-state index contributed by atoms with van der Waals surface area (Å²) in [6.07, 6.45) is -1.02. The molecule has 0 saturated carbocycles. The van der Waals surface area contributed by atoms with Crippen LogP contribution in [0.5, 0.6) is 0 Å². The summed E-state index contributed by atoms with van der Waals surface area (Å²) in [5.41, 5.74) is 0.849. The van der Waals surface area contributed by atoms with E-state index in [4.69, 9.17) is 4.74 Å². The lowest BCUT2D eigenvalue weighted by atomic mass is 9.97. The van der Waals surface area contributed by atoms with Crippen LogP contribution in [0, 0.1) is 11.6 Å². The van der Waals surface area contributed by atoms with E-state index in [0.717, 1.165) is 0 Å². The minimum absolute atomic E-state index is 0.246. The van der Waals surface area contributed by atoms with Crippen molar-refractivity contribution in [2.45, 2.75) is 12.1 Å². The number of amides is 2. The quantitative estimate of drug-likeness (QED) is 0.929.